The Balaban J connectivity index is 2.08. The van der Waals surface area contributed by atoms with E-state index in [0.717, 1.165) is 32.6 Å². The maximum atomic E-state index is 11.9. The third-order valence-electron chi connectivity index (χ3n) is 3.55. The van der Waals surface area contributed by atoms with E-state index in [1.165, 1.54) is 32.1 Å². The predicted molar refractivity (Wildman–Crippen MR) is 76.6 cm³/mol. The number of carbonyl (C=O) groups excluding carboxylic acids is 1. The molecule has 0 aromatic heterocycles. The highest BCUT2D eigenvalue weighted by Crippen LogP contribution is 2.06. The summed E-state index contributed by atoms with van der Waals surface area (Å²) in [6.45, 7) is 5.97. The van der Waals surface area contributed by atoms with E-state index in [1.807, 2.05) is 11.0 Å². The summed E-state index contributed by atoms with van der Waals surface area (Å²) in [5, 5.41) is 0. The molecule has 1 aliphatic heterocycles. The average molecular weight is 252 g/mol. The SMILES string of the molecule is CCCCCCC/C=C/C(=O)N1CCN(C)CC1. The summed E-state index contributed by atoms with van der Waals surface area (Å²) in [7, 11) is 2.11. The van der Waals surface area contributed by atoms with Gasteiger partial charge in [0, 0.05) is 26.2 Å². The molecule has 18 heavy (non-hydrogen) atoms. The molecule has 0 radical (unpaired) electrons. The second kappa shape index (κ2) is 9.15. The molecule has 104 valence electrons. The molecular weight excluding hydrogens is 224 g/mol. The first-order valence-corrected chi connectivity index (χ1v) is 7.38. The smallest absolute Gasteiger partial charge is 0.246 e. The van der Waals surface area contributed by atoms with Crippen molar-refractivity contribution >= 4 is 5.91 Å². The van der Waals surface area contributed by atoms with Crippen LogP contribution in [0.2, 0.25) is 0 Å². The van der Waals surface area contributed by atoms with E-state index in [0.29, 0.717) is 0 Å². The van der Waals surface area contributed by atoms with Crippen LogP contribution in [0.1, 0.15) is 45.4 Å². The zero-order chi connectivity index (χ0) is 13.2. The molecule has 1 fully saturated rings. The zero-order valence-electron chi connectivity index (χ0n) is 12.0. The van der Waals surface area contributed by atoms with Gasteiger partial charge in [0.2, 0.25) is 5.91 Å². The van der Waals surface area contributed by atoms with Gasteiger partial charge in [0.15, 0.2) is 0 Å². The number of rotatable bonds is 7. The summed E-state index contributed by atoms with van der Waals surface area (Å²) in [4.78, 5) is 16.1. The fourth-order valence-corrected chi connectivity index (χ4v) is 2.18. The second-order valence-corrected chi connectivity index (χ2v) is 5.23. The number of hydrogen-bond acceptors (Lipinski definition) is 2. The minimum Gasteiger partial charge on any atom is -0.337 e. The average Bonchev–Trinajstić information content (AvgIpc) is 2.38. The number of unbranched alkanes of at least 4 members (excludes halogenated alkanes) is 5. The molecule has 3 nitrogen and oxygen atoms in total. The highest BCUT2D eigenvalue weighted by atomic mass is 16.2. The van der Waals surface area contributed by atoms with Crippen LogP contribution >= 0.6 is 0 Å². The zero-order valence-corrected chi connectivity index (χ0v) is 12.0. The molecule has 1 saturated heterocycles. The number of likely N-dealkylation sites (N-methyl/N-ethyl adjacent to an activating group) is 1. The summed E-state index contributed by atoms with van der Waals surface area (Å²) in [6, 6.07) is 0. The topological polar surface area (TPSA) is 23.6 Å². The second-order valence-electron chi connectivity index (χ2n) is 5.23. The van der Waals surface area contributed by atoms with Crippen molar-refractivity contribution in [3.8, 4) is 0 Å². The van der Waals surface area contributed by atoms with Crippen LogP contribution in [0.25, 0.3) is 0 Å². The molecule has 0 atom stereocenters. The first kappa shape index (κ1) is 15.2. The van der Waals surface area contributed by atoms with Gasteiger partial charge >= 0.3 is 0 Å². The van der Waals surface area contributed by atoms with Crippen molar-refractivity contribution in [3.05, 3.63) is 12.2 Å². The van der Waals surface area contributed by atoms with Gasteiger partial charge in [-0.05, 0) is 26.0 Å². The van der Waals surface area contributed by atoms with Gasteiger partial charge in [-0.2, -0.15) is 0 Å². The Labute approximate surface area is 112 Å². The lowest BCUT2D eigenvalue weighted by atomic mass is 10.1. The lowest BCUT2D eigenvalue weighted by Gasteiger charge is -2.31. The van der Waals surface area contributed by atoms with Crippen LogP contribution in [0.4, 0.5) is 0 Å². The number of hydrogen-bond donors (Lipinski definition) is 0. The molecule has 0 unspecified atom stereocenters. The molecule has 1 rings (SSSR count). The van der Waals surface area contributed by atoms with Gasteiger partial charge in [0.05, 0.1) is 0 Å². The van der Waals surface area contributed by atoms with Crippen LogP contribution in [0.15, 0.2) is 12.2 Å². The lowest BCUT2D eigenvalue weighted by Crippen LogP contribution is -2.46. The molecule has 0 saturated carbocycles. The van der Waals surface area contributed by atoms with Crippen molar-refractivity contribution in [1.29, 1.82) is 0 Å². The summed E-state index contributed by atoms with van der Waals surface area (Å²) < 4.78 is 0. The Morgan fingerprint density at radius 2 is 1.72 bits per heavy atom. The van der Waals surface area contributed by atoms with E-state index in [4.69, 9.17) is 0 Å². The maximum absolute atomic E-state index is 11.9. The Kier molecular flexibility index (Phi) is 7.74. The van der Waals surface area contributed by atoms with Crippen molar-refractivity contribution < 1.29 is 4.79 Å². The van der Waals surface area contributed by atoms with Crippen molar-refractivity contribution in [3.63, 3.8) is 0 Å². The summed E-state index contributed by atoms with van der Waals surface area (Å²) in [6.07, 6.45) is 11.3. The molecule has 0 bridgehead atoms. The van der Waals surface area contributed by atoms with Crippen LogP contribution < -0.4 is 0 Å². The van der Waals surface area contributed by atoms with Crippen LogP contribution in [0.5, 0.6) is 0 Å². The van der Waals surface area contributed by atoms with Gasteiger partial charge in [-0.1, -0.05) is 38.7 Å². The number of amides is 1. The molecule has 0 aromatic carbocycles. The largest absolute Gasteiger partial charge is 0.337 e. The number of allylic oxidation sites excluding steroid dienone is 1. The van der Waals surface area contributed by atoms with Crippen LogP contribution in [0.3, 0.4) is 0 Å². The van der Waals surface area contributed by atoms with E-state index in [9.17, 15) is 4.79 Å². The lowest BCUT2D eigenvalue weighted by molar-refractivity contribution is -0.127. The molecule has 0 spiro atoms. The third kappa shape index (κ3) is 6.20. The molecule has 3 heteroatoms. The molecule has 1 aliphatic rings. The number of carbonyl (C=O) groups is 1. The monoisotopic (exact) mass is 252 g/mol. The highest BCUT2D eigenvalue weighted by molar-refractivity contribution is 5.87. The van der Waals surface area contributed by atoms with Crippen molar-refractivity contribution in [2.75, 3.05) is 33.2 Å². The Hall–Kier alpha value is -0.830. The van der Waals surface area contributed by atoms with Crippen molar-refractivity contribution in [2.24, 2.45) is 0 Å². The van der Waals surface area contributed by atoms with E-state index in [2.05, 4.69) is 18.9 Å². The van der Waals surface area contributed by atoms with Gasteiger partial charge in [0.25, 0.3) is 0 Å². The standard InChI is InChI=1S/C15H28N2O/c1-3-4-5-6-7-8-9-10-15(18)17-13-11-16(2)12-14-17/h9-10H,3-8,11-14H2,1-2H3/b10-9+. The molecule has 1 heterocycles. The van der Waals surface area contributed by atoms with Gasteiger partial charge in [0.1, 0.15) is 0 Å². The number of nitrogens with zero attached hydrogens (tertiary/aromatic N) is 2. The summed E-state index contributed by atoms with van der Waals surface area (Å²) in [5.41, 5.74) is 0. The van der Waals surface area contributed by atoms with E-state index in [1.54, 1.807) is 6.08 Å². The Morgan fingerprint density at radius 3 is 2.39 bits per heavy atom. The van der Waals surface area contributed by atoms with Crippen molar-refractivity contribution in [1.82, 2.24) is 9.80 Å². The molecule has 1 amide bonds. The maximum Gasteiger partial charge on any atom is 0.246 e. The first-order chi connectivity index (χ1) is 8.74. The van der Waals surface area contributed by atoms with Gasteiger partial charge in [-0.3, -0.25) is 4.79 Å². The van der Waals surface area contributed by atoms with Gasteiger partial charge < -0.3 is 9.80 Å². The highest BCUT2D eigenvalue weighted by Gasteiger charge is 2.16. The fourth-order valence-electron chi connectivity index (χ4n) is 2.18. The summed E-state index contributed by atoms with van der Waals surface area (Å²) in [5.74, 6) is 0.191. The van der Waals surface area contributed by atoms with Gasteiger partial charge in [-0.25, -0.2) is 0 Å². The van der Waals surface area contributed by atoms with E-state index in [-0.39, 0.29) is 5.91 Å². The minimum absolute atomic E-state index is 0.191. The van der Waals surface area contributed by atoms with Crippen LogP contribution in [-0.2, 0) is 4.79 Å². The molecule has 0 aromatic rings. The third-order valence-corrected chi connectivity index (χ3v) is 3.55. The van der Waals surface area contributed by atoms with Gasteiger partial charge in [-0.15, -0.1) is 0 Å². The Morgan fingerprint density at radius 1 is 1.06 bits per heavy atom. The van der Waals surface area contributed by atoms with Crippen LogP contribution in [0, 0.1) is 0 Å². The van der Waals surface area contributed by atoms with E-state index >= 15 is 0 Å². The quantitative estimate of drug-likeness (QED) is 0.514. The van der Waals surface area contributed by atoms with Crippen LogP contribution in [-0.4, -0.2) is 48.9 Å². The van der Waals surface area contributed by atoms with E-state index < -0.39 is 0 Å². The summed E-state index contributed by atoms with van der Waals surface area (Å²) >= 11 is 0. The molecular formula is C15H28N2O. The molecule has 0 aliphatic carbocycles. The minimum atomic E-state index is 0.191. The number of piperazine rings is 1. The van der Waals surface area contributed by atoms with Crippen molar-refractivity contribution in [2.45, 2.75) is 45.4 Å². The Bertz CT molecular complexity index is 255. The predicted octanol–water partition coefficient (Wildman–Crippen LogP) is 2.68. The molecule has 0 N–H and O–H groups in total. The fraction of sp³-hybridized carbons (Fsp3) is 0.800. The normalized spacial score (nSPS) is 17.6. The first-order valence-electron chi connectivity index (χ1n) is 7.38.